The number of likely N-dealkylation sites (N-methyl/N-ethyl adjacent to an activating group) is 3. The average Bonchev–Trinajstić information content (AvgIpc) is 3.59. The van der Waals surface area contributed by atoms with E-state index in [9.17, 15) is 9.59 Å². The first-order chi connectivity index (χ1) is 18.6. The SMILES string of the molecule is CN1C(=N)N(C)C2(C1=O)[C@H](c1c[nH]c3cc(Br)ccc13)C1(C(=O)NC(N)=[N+]1C)[C@H]2c1c[nH]c2cc(Br)ccc12. The third-order valence-corrected chi connectivity index (χ3v) is 10.1. The Balaban J connectivity index is 1.61. The highest BCUT2D eigenvalue weighted by molar-refractivity contribution is 9.10. The van der Waals surface area contributed by atoms with Crippen LogP contribution < -0.4 is 11.1 Å². The molecule has 4 heterocycles. The number of nitrogens with one attached hydrogen (secondary N) is 4. The second kappa shape index (κ2) is 7.72. The number of carbonyl (C=O) groups excluding carboxylic acids is 2. The highest BCUT2D eigenvalue weighted by Crippen LogP contribution is 2.69. The van der Waals surface area contributed by atoms with E-state index in [2.05, 4.69) is 47.1 Å². The number of rotatable bonds is 2. The maximum Gasteiger partial charge on any atom is 0.351 e. The molecule has 1 saturated carbocycles. The Morgan fingerprint density at radius 3 is 1.87 bits per heavy atom. The number of nitrogens with two attached hydrogens (primary N) is 1. The summed E-state index contributed by atoms with van der Waals surface area (Å²) in [6.07, 6.45) is 3.76. The van der Waals surface area contributed by atoms with Gasteiger partial charge in [-0.1, -0.05) is 44.0 Å². The molecule has 0 unspecified atom stereocenters. The number of fused-ring (bicyclic) bond motifs is 2. The van der Waals surface area contributed by atoms with Crippen LogP contribution in [0.1, 0.15) is 23.0 Å². The molecule has 39 heavy (non-hydrogen) atoms. The fourth-order valence-corrected chi connectivity index (χ4v) is 8.14. The number of hydrogen-bond acceptors (Lipinski definition) is 4. The lowest BCUT2D eigenvalue weighted by atomic mass is 9.42. The van der Waals surface area contributed by atoms with Gasteiger partial charge in [0.25, 0.3) is 5.91 Å². The summed E-state index contributed by atoms with van der Waals surface area (Å²) in [4.78, 5) is 38.5. The van der Waals surface area contributed by atoms with Crippen molar-refractivity contribution < 1.29 is 14.2 Å². The first-order valence-electron chi connectivity index (χ1n) is 12.4. The third kappa shape index (κ3) is 2.66. The van der Waals surface area contributed by atoms with Crippen LogP contribution in [-0.4, -0.2) is 80.3 Å². The van der Waals surface area contributed by atoms with Gasteiger partial charge in [0.15, 0.2) is 5.54 Å². The molecular weight excluding hydrogens is 628 g/mol. The molecule has 2 fully saturated rings. The molecular formula is C27H25Br2N8O2+. The van der Waals surface area contributed by atoms with Crippen molar-refractivity contribution in [1.29, 1.82) is 5.41 Å². The second-order valence-corrected chi connectivity index (χ2v) is 12.4. The molecule has 6 N–H and O–H groups in total. The van der Waals surface area contributed by atoms with Crippen LogP contribution in [0, 0.1) is 5.41 Å². The van der Waals surface area contributed by atoms with Crippen molar-refractivity contribution in [3.05, 3.63) is 68.9 Å². The Kier molecular flexibility index (Phi) is 4.83. The van der Waals surface area contributed by atoms with Crippen LogP contribution in [0.15, 0.2) is 57.7 Å². The lowest BCUT2D eigenvalue weighted by molar-refractivity contribution is -0.592. The summed E-state index contributed by atoms with van der Waals surface area (Å²) < 4.78 is 3.61. The lowest BCUT2D eigenvalue weighted by Gasteiger charge is -2.63. The number of aromatic nitrogens is 2. The molecule has 2 aliphatic heterocycles. The predicted octanol–water partition coefficient (Wildman–Crippen LogP) is 2.96. The maximum atomic E-state index is 14.5. The summed E-state index contributed by atoms with van der Waals surface area (Å²) >= 11 is 7.08. The molecule has 1 saturated heterocycles. The first-order valence-corrected chi connectivity index (χ1v) is 14.0. The zero-order valence-electron chi connectivity index (χ0n) is 21.3. The topological polar surface area (TPSA) is 137 Å². The van der Waals surface area contributed by atoms with Gasteiger partial charge in [0.05, 0.1) is 18.9 Å². The second-order valence-electron chi connectivity index (χ2n) is 10.5. The first kappa shape index (κ1) is 24.4. The van der Waals surface area contributed by atoms with Gasteiger partial charge in [-0.3, -0.25) is 25.6 Å². The molecule has 198 valence electrons. The molecule has 4 aromatic rings. The number of benzene rings is 2. The quantitative estimate of drug-likeness (QED) is 0.213. The molecule has 2 amide bonds. The fraction of sp³-hybridized carbons (Fsp3) is 0.259. The van der Waals surface area contributed by atoms with Crippen molar-refractivity contribution in [2.75, 3.05) is 21.1 Å². The highest BCUT2D eigenvalue weighted by atomic mass is 79.9. The van der Waals surface area contributed by atoms with E-state index in [0.29, 0.717) is 0 Å². The number of guanidine groups is 2. The highest BCUT2D eigenvalue weighted by Gasteiger charge is 2.87. The molecule has 12 heteroatoms. The number of halogens is 2. The summed E-state index contributed by atoms with van der Waals surface area (Å²) in [5.74, 6) is -1.54. The Morgan fingerprint density at radius 2 is 1.46 bits per heavy atom. The van der Waals surface area contributed by atoms with Gasteiger partial charge < -0.3 is 14.9 Å². The van der Waals surface area contributed by atoms with Crippen LogP contribution in [0.5, 0.6) is 0 Å². The number of aromatic amines is 2. The molecule has 1 aliphatic carbocycles. The number of amides is 2. The van der Waals surface area contributed by atoms with E-state index in [0.717, 1.165) is 41.9 Å². The van der Waals surface area contributed by atoms with Crippen molar-refractivity contribution in [2.45, 2.75) is 22.9 Å². The molecule has 2 aromatic carbocycles. The average molecular weight is 653 g/mol. The summed E-state index contributed by atoms with van der Waals surface area (Å²) in [6.45, 7) is 0. The molecule has 0 bridgehead atoms. The molecule has 7 rings (SSSR count). The van der Waals surface area contributed by atoms with Crippen molar-refractivity contribution >= 4 is 77.4 Å². The minimum atomic E-state index is -1.27. The number of carbonyl (C=O) groups is 2. The zero-order valence-corrected chi connectivity index (χ0v) is 24.4. The molecule has 0 radical (unpaired) electrons. The Hall–Kier alpha value is -3.64. The molecule has 10 nitrogen and oxygen atoms in total. The van der Waals surface area contributed by atoms with Gasteiger partial charge in [-0.15, -0.1) is 0 Å². The Bertz CT molecular complexity index is 1730. The predicted molar refractivity (Wildman–Crippen MR) is 155 cm³/mol. The number of hydrogen-bond donors (Lipinski definition) is 5. The fourth-order valence-electron chi connectivity index (χ4n) is 7.42. The van der Waals surface area contributed by atoms with Crippen LogP contribution in [-0.2, 0) is 9.59 Å². The smallest absolute Gasteiger partial charge is 0.351 e. The van der Waals surface area contributed by atoms with E-state index in [1.165, 1.54) is 4.90 Å². The summed E-state index contributed by atoms with van der Waals surface area (Å²) in [6, 6.07) is 11.8. The minimum Gasteiger partial charge on any atom is -0.361 e. The number of H-pyrrole nitrogens is 2. The van der Waals surface area contributed by atoms with Crippen LogP contribution in [0.3, 0.4) is 0 Å². The van der Waals surface area contributed by atoms with Gasteiger partial charge in [-0.2, -0.15) is 0 Å². The van der Waals surface area contributed by atoms with E-state index in [4.69, 9.17) is 11.1 Å². The number of nitrogens with zero attached hydrogens (tertiary/aromatic N) is 3. The van der Waals surface area contributed by atoms with Gasteiger partial charge in [0.2, 0.25) is 5.96 Å². The Labute approximate surface area is 240 Å². The van der Waals surface area contributed by atoms with Crippen molar-refractivity contribution in [1.82, 2.24) is 25.1 Å². The maximum absolute atomic E-state index is 14.5. The molecule has 2 spiro atoms. The van der Waals surface area contributed by atoms with E-state index in [1.807, 2.05) is 48.8 Å². The standard InChI is InChI=1S/C27H24Br2N8O2/c1-35-23(39)27(37(3)25(35)31)20(16-10-32-18-8-12(28)4-6-14(16)18)26(22(38)34-24(30)36(26)2)21(27)17-11-33-19-9-13(29)5-7-15(17)19/h4-11,20-21,31-33H,1-3H3,(H2,30,34,38)/p+1/t20-,21-,26?,27?/m1/s1. The minimum absolute atomic E-state index is 0.0769. The summed E-state index contributed by atoms with van der Waals surface area (Å²) in [5, 5.41) is 13.5. The monoisotopic (exact) mass is 651 g/mol. The van der Waals surface area contributed by atoms with Gasteiger partial charge in [-0.25, -0.2) is 9.89 Å². The van der Waals surface area contributed by atoms with E-state index >= 15 is 0 Å². The molecule has 3 aliphatic rings. The Morgan fingerprint density at radius 1 is 0.949 bits per heavy atom. The van der Waals surface area contributed by atoms with Crippen molar-refractivity contribution in [3.63, 3.8) is 0 Å². The molecule has 2 atom stereocenters. The van der Waals surface area contributed by atoms with Gasteiger partial charge >= 0.3 is 11.9 Å². The van der Waals surface area contributed by atoms with E-state index in [-0.39, 0.29) is 23.7 Å². The lowest BCUT2D eigenvalue weighted by Crippen LogP contribution is -2.81. The van der Waals surface area contributed by atoms with Crippen molar-refractivity contribution in [2.24, 2.45) is 5.73 Å². The summed E-state index contributed by atoms with van der Waals surface area (Å²) in [7, 11) is 5.19. The normalized spacial score (nSPS) is 28.6. The van der Waals surface area contributed by atoms with Gasteiger partial charge in [0, 0.05) is 57.2 Å². The third-order valence-electron chi connectivity index (χ3n) is 9.09. The van der Waals surface area contributed by atoms with Crippen LogP contribution in [0.2, 0.25) is 0 Å². The van der Waals surface area contributed by atoms with E-state index in [1.54, 1.807) is 30.6 Å². The van der Waals surface area contributed by atoms with Crippen LogP contribution >= 0.6 is 31.9 Å². The van der Waals surface area contributed by atoms with Crippen LogP contribution in [0.4, 0.5) is 0 Å². The van der Waals surface area contributed by atoms with Gasteiger partial charge in [-0.05, 0) is 35.4 Å². The van der Waals surface area contributed by atoms with Crippen LogP contribution in [0.25, 0.3) is 21.8 Å². The molecule has 2 aromatic heterocycles. The largest absolute Gasteiger partial charge is 0.361 e. The van der Waals surface area contributed by atoms with Gasteiger partial charge in [0.1, 0.15) is 5.54 Å². The summed E-state index contributed by atoms with van der Waals surface area (Å²) in [5.41, 5.74) is 7.26. The van der Waals surface area contributed by atoms with E-state index < -0.39 is 22.9 Å². The van der Waals surface area contributed by atoms with Crippen molar-refractivity contribution in [3.8, 4) is 0 Å². The zero-order chi connectivity index (χ0) is 27.6.